The Morgan fingerprint density at radius 3 is 2.30 bits per heavy atom. The lowest BCUT2D eigenvalue weighted by molar-refractivity contribution is 0.0967. The highest BCUT2D eigenvalue weighted by Crippen LogP contribution is 2.41. The number of pyridine rings is 1. The molecule has 2 aliphatic heterocycles. The molecular weight excluding hydrogens is 370 g/mol. The zero-order chi connectivity index (χ0) is 20.7. The predicted molar refractivity (Wildman–Crippen MR) is 122 cm³/mol. The number of aryl methyl sites for hydroxylation is 1. The van der Waals surface area contributed by atoms with Crippen molar-refractivity contribution in [2.24, 2.45) is 5.92 Å². The van der Waals surface area contributed by atoms with E-state index < -0.39 is 0 Å². The fourth-order valence-corrected chi connectivity index (χ4v) is 5.54. The highest BCUT2D eigenvalue weighted by Gasteiger charge is 2.43. The van der Waals surface area contributed by atoms with E-state index in [1.54, 1.807) is 0 Å². The Morgan fingerprint density at radius 2 is 1.73 bits per heavy atom. The molecular formula is C26H33N3O. The average molecular weight is 404 g/mol. The van der Waals surface area contributed by atoms with Crippen molar-refractivity contribution in [3.63, 3.8) is 0 Å². The molecule has 30 heavy (non-hydrogen) atoms. The van der Waals surface area contributed by atoms with E-state index in [0.717, 1.165) is 30.8 Å². The molecule has 5 rings (SSSR count). The first-order valence-corrected chi connectivity index (χ1v) is 11.8. The van der Waals surface area contributed by atoms with Gasteiger partial charge in [-0.05, 0) is 76.1 Å². The quantitative estimate of drug-likeness (QED) is 0.580. The maximum Gasteiger partial charge on any atom is 0.167 e. The first kappa shape index (κ1) is 19.6. The number of nitrogens with zero attached hydrogens (tertiary/aromatic N) is 3. The Balaban J connectivity index is 1.32. The molecule has 2 aromatic rings. The van der Waals surface area contributed by atoms with Gasteiger partial charge in [0, 0.05) is 48.0 Å². The van der Waals surface area contributed by atoms with Crippen molar-refractivity contribution in [1.29, 1.82) is 0 Å². The van der Waals surface area contributed by atoms with Gasteiger partial charge in [0.1, 0.15) is 5.82 Å². The standard InChI is InChI=1S/C26H33N3O/c1-3-14-28(21-9-4-18(2)5-10-21)24-15-22-11-12-23(16-24)29(22)25-13-8-20(17-27-25)26(30)19-6-7-19/h4-5,8-10,13,17,19,22-24H,3,6-7,11-12,14-16H2,1-2H3. The van der Waals surface area contributed by atoms with Gasteiger partial charge in [0.25, 0.3) is 0 Å². The summed E-state index contributed by atoms with van der Waals surface area (Å²) in [6.45, 7) is 5.55. The van der Waals surface area contributed by atoms with Gasteiger partial charge in [-0.3, -0.25) is 4.79 Å². The molecule has 3 heterocycles. The molecule has 2 atom stereocenters. The molecule has 2 saturated heterocycles. The van der Waals surface area contributed by atoms with E-state index in [1.807, 2.05) is 12.3 Å². The lowest BCUT2D eigenvalue weighted by atomic mass is 9.94. The van der Waals surface area contributed by atoms with Crippen LogP contribution in [0.2, 0.25) is 0 Å². The lowest BCUT2D eigenvalue weighted by Gasteiger charge is -2.45. The lowest BCUT2D eigenvalue weighted by Crippen LogP contribution is -2.51. The van der Waals surface area contributed by atoms with Crippen molar-refractivity contribution in [3.8, 4) is 0 Å². The highest BCUT2D eigenvalue weighted by molar-refractivity contribution is 5.99. The van der Waals surface area contributed by atoms with Crippen LogP contribution in [0.25, 0.3) is 0 Å². The molecule has 158 valence electrons. The summed E-state index contributed by atoms with van der Waals surface area (Å²) in [5.41, 5.74) is 3.47. The van der Waals surface area contributed by atoms with E-state index in [-0.39, 0.29) is 11.7 Å². The van der Waals surface area contributed by atoms with Crippen LogP contribution < -0.4 is 9.80 Å². The van der Waals surface area contributed by atoms with Crippen LogP contribution in [0.3, 0.4) is 0 Å². The Hall–Kier alpha value is -2.36. The SMILES string of the molecule is CCCN(c1ccc(C)cc1)C1CC2CCC(C1)N2c1ccc(C(=O)C2CC2)cn1. The molecule has 1 aromatic heterocycles. The van der Waals surface area contributed by atoms with Gasteiger partial charge in [-0.15, -0.1) is 0 Å². The topological polar surface area (TPSA) is 36.4 Å². The number of benzene rings is 1. The number of piperidine rings is 1. The second-order valence-corrected chi connectivity index (χ2v) is 9.49. The third-order valence-electron chi connectivity index (χ3n) is 7.22. The van der Waals surface area contributed by atoms with Gasteiger partial charge in [-0.25, -0.2) is 4.98 Å². The third kappa shape index (κ3) is 3.73. The maximum atomic E-state index is 12.3. The van der Waals surface area contributed by atoms with Crippen LogP contribution >= 0.6 is 0 Å². The second kappa shape index (κ2) is 8.05. The monoisotopic (exact) mass is 403 g/mol. The molecule has 1 aliphatic carbocycles. The fraction of sp³-hybridized carbons (Fsp3) is 0.538. The first-order valence-electron chi connectivity index (χ1n) is 11.8. The number of hydrogen-bond acceptors (Lipinski definition) is 4. The third-order valence-corrected chi connectivity index (χ3v) is 7.22. The summed E-state index contributed by atoms with van der Waals surface area (Å²) in [5, 5.41) is 0. The molecule has 3 fully saturated rings. The van der Waals surface area contributed by atoms with Gasteiger partial charge >= 0.3 is 0 Å². The zero-order valence-electron chi connectivity index (χ0n) is 18.3. The van der Waals surface area contributed by atoms with Gasteiger partial charge in [-0.2, -0.15) is 0 Å². The summed E-state index contributed by atoms with van der Waals surface area (Å²) < 4.78 is 0. The summed E-state index contributed by atoms with van der Waals surface area (Å²) in [6, 6.07) is 14.8. The molecule has 2 unspecified atom stereocenters. The van der Waals surface area contributed by atoms with E-state index in [4.69, 9.17) is 4.98 Å². The summed E-state index contributed by atoms with van der Waals surface area (Å²) in [4.78, 5) is 22.3. The molecule has 1 saturated carbocycles. The number of ketones is 1. The number of fused-ring (bicyclic) bond motifs is 2. The molecule has 3 aliphatic rings. The average Bonchev–Trinajstić information content (AvgIpc) is 3.58. The second-order valence-electron chi connectivity index (χ2n) is 9.49. The van der Waals surface area contributed by atoms with Crippen molar-refractivity contribution in [2.45, 2.75) is 76.9 Å². The van der Waals surface area contributed by atoms with E-state index >= 15 is 0 Å². The number of rotatable bonds is 7. The molecule has 2 bridgehead atoms. The van der Waals surface area contributed by atoms with Crippen molar-refractivity contribution in [2.75, 3.05) is 16.3 Å². The molecule has 0 radical (unpaired) electrons. The molecule has 1 aromatic carbocycles. The van der Waals surface area contributed by atoms with Crippen molar-refractivity contribution in [3.05, 3.63) is 53.7 Å². The predicted octanol–water partition coefficient (Wildman–Crippen LogP) is 5.40. The zero-order valence-corrected chi connectivity index (χ0v) is 18.3. The van der Waals surface area contributed by atoms with Gasteiger partial charge in [-0.1, -0.05) is 24.6 Å². The van der Waals surface area contributed by atoms with Crippen LogP contribution in [-0.2, 0) is 0 Å². The smallest absolute Gasteiger partial charge is 0.167 e. The van der Waals surface area contributed by atoms with Crippen LogP contribution in [0.4, 0.5) is 11.5 Å². The normalized spacial score (nSPS) is 25.4. The maximum absolute atomic E-state index is 12.3. The summed E-state index contributed by atoms with van der Waals surface area (Å²) in [7, 11) is 0. The van der Waals surface area contributed by atoms with Gasteiger partial charge in [0.15, 0.2) is 5.78 Å². The van der Waals surface area contributed by atoms with Crippen LogP contribution in [-0.4, -0.2) is 35.4 Å². The summed E-state index contributed by atoms with van der Waals surface area (Å²) in [6.07, 6.45) is 9.96. The number of anilines is 2. The van der Waals surface area contributed by atoms with E-state index in [9.17, 15) is 4.79 Å². The molecule has 0 N–H and O–H groups in total. The van der Waals surface area contributed by atoms with Crippen LogP contribution in [0.1, 0.15) is 67.8 Å². The van der Waals surface area contributed by atoms with Gasteiger partial charge in [0.2, 0.25) is 0 Å². The summed E-state index contributed by atoms with van der Waals surface area (Å²) in [5.74, 6) is 1.60. The number of Topliss-reactive ketones (excluding diaryl/α,β-unsaturated/α-hetero) is 1. The Bertz CT molecular complexity index is 873. The molecule has 0 spiro atoms. The van der Waals surface area contributed by atoms with Crippen molar-refractivity contribution in [1.82, 2.24) is 4.98 Å². The Labute approximate surface area is 180 Å². The number of carbonyl (C=O) groups excluding carboxylic acids is 1. The van der Waals surface area contributed by atoms with E-state index in [0.29, 0.717) is 18.1 Å². The van der Waals surface area contributed by atoms with Crippen molar-refractivity contribution >= 4 is 17.3 Å². The fourth-order valence-electron chi connectivity index (χ4n) is 5.54. The van der Waals surface area contributed by atoms with Crippen LogP contribution in [0.15, 0.2) is 42.6 Å². The first-order chi connectivity index (χ1) is 14.6. The van der Waals surface area contributed by atoms with E-state index in [2.05, 4.69) is 54.0 Å². The minimum Gasteiger partial charge on any atom is -0.368 e. The molecule has 0 amide bonds. The minimum atomic E-state index is 0.260. The number of carbonyl (C=O) groups is 1. The summed E-state index contributed by atoms with van der Waals surface area (Å²) >= 11 is 0. The number of hydrogen-bond donors (Lipinski definition) is 0. The molecule has 4 nitrogen and oxygen atoms in total. The van der Waals surface area contributed by atoms with Crippen LogP contribution in [0.5, 0.6) is 0 Å². The molecule has 4 heteroatoms. The largest absolute Gasteiger partial charge is 0.368 e. The van der Waals surface area contributed by atoms with E-state index in [1.165, 1.54) is 43.4 Å². The minimum absolute atomic E-state index is 0.260. The Morgan fingerprint density at radius 1 is 1.03 bits per heavy atom. The van der Waals surface area contributed by atoms with Gasteiger partial charge < -0.3 is 9.80 Å². The highest BCUT2D eigenvalue weighted by atomic mass is 16.1. The van der Waals surface area contributed by atoms with Crippen LogP contribution in [0, 0.1) is 12.8 Å². The number of aromatic nitrogens is 1. The Kier molecular flexibility index (Phi) is 5.26. The van der Waals surface area contributed by atoms with Gasteiger partial charge in [0.05, 0.1) is 0 Å². The van der Waals surface area contributed by atoms with Crippen molar-refractivity contribution < 1.29 is 4.79 Å².